The van der Waals surface area contributed by atoms with Gasteiger partial charge in [0.25, 0.3) is 0 Å². The van der Waals surface area contributed by atoms with E-state index in [4.69, 9.17) is 9.72 Å². The van der Waals surface area contributed by atoms with Gasteiger partial charge in [0, 0.05) is 19.0 Å². The Morgan fingerprint density at radius 3 is 2.82 bits per heavy atom. The van der Waals surface area contributed by atoms with Gasteiger partial charge in [-0.15, -0.1) is 0 Å². The Hall–Kier alpha value is -2.36. The molecular formula is C18H20N2O2. The van der Waals surface area contributed by atoms with Gasteiger partial charge in [-0.1, -0.05) is 18.2 Å². The second-order valence-electron chi connectivity index (χ2n) is 5.52. The zero-order valence-electron chi connectivity index (χ0n) is 13.0. The van der Waals surface area contributed by atoms with Crippen LogP contribution in [0.4, 0.5) is 0 Å². The summed E-state index contributed by atoms with van der Waals surface area (Å²) in [6, 6.07) is 13.9. The average molecular weight is 296 g/mol. The van der Waals surface area contributed by atoms with Crippen LogP contribution in [-0.2, 0) is 4.79 Å². The van der Waals surface area contributed by atoms with Crippen LogP contribution in [0.2, 0.25) is 0 Å². The van der Waals surface area contributed by atoms with E-state index >= 15 is 0 Å². The second-order valence-corrected chi connectivity index (χ2v) is 5.52. The number of rotatable bonds is 3. The predicted molar refractivity (Wildman–Crippen MR) is 85.6 cm³/mol. The Kier molecular flexibility index (Phi) is 4.09. The standard InChI is InChI=1S/C18H20N2O2/c1-13(21)20-12-6-10-17(20)16-9-5-8-15(19-16)14-7-3-4-11-18(14)22-2/h3-5,7-9,11,17H,6,10,12H2,1-2H3/t17-/m0/s1. The van der Waals surface area contributed by atoms with Crippen molar-refractivity contribution in [2.24, 2.45) is 0 Å². The van der Waals surface area contributed by atoms with Gasteiger partial charge < -0.3 is 9.64 Å². The number of hydrogen-bond donors (Lipinski definition) is 0. The summed E-state index contributed by atoms with van der Waals surface area (Å²) in [4.78, 5) is 18.5. The first-order valence-corrected chi connectivity index (χ1v) is 7.58. The molecular weight excluding hydrogens is 276 g/mol. The van der Waals surface area contributed by atoms with Gasteiger partial charge in [0.2, 0.25) is 5.91 Å². The van der Waals surface area contributed by atoms with Crippen LogP contribution in [0.25, 0.3) is 11.3 Å². The number of amides is 1. The van der Waals surface area contributed by atoms with Gasteiger partial charge in [-0.05, 0) is 37.1 Å². The van der Waals surface area contributed by atoms with Gasteiger partial charge >= 0.3 is 0 Å². The first-order valence-electron chi connectivity index (χ1n) is 7.58. The smallest absolute Gasteiger partial charge is 0.220 e. The van der Waals surface area contributed by atoms with Crippen LogP contribution in [-0.4, -0.2) is 29.4 Å². The predicted octanol–water partition coefficient (Wildman–Crippen LogP) is 3.44. The van der Waals surface area contributed by atoms with Gasteiger partial charge in [0.05, 0.1) is 24.5 Å². The third-order valence-electron chi connectivity index (χ3n) is 4.15. The van der Waals surface area contributed by atoms with Crippen molar-refractivity contribution >= 4 is 5.91 Å². The highest BCUT2D eigenvalue weighted by Gasteiger charge is 2.29. The van der Waals surface area contributed by atoms with Crippen molar-refractivity contribution in [1.82, 2.24) is 9.88 Å². The lowest BCUT2D eigenvalue weighted by Gasteiger charge is -2.23. The lowest BCUT2D eigenvalue weighted by atomic mass is 10.1. The second kappa shape index (κ2) is 6.18. The van der Waals surface area contributed by atoms with Crippen molar-refractivity contribution in [3.8, 4) is 17.0 Å². The van der Waals surface area contributed by atoms with Crippen molar-refractivity contribution in [2.45, 2.75) is 25.8 Å². The average Bonchev–Trinajstić information content (AvgIpc) is 3.05. The van der Waals surface area contributed by atoms with Gasteiger partial charge in [0.1, 0.15) is 5.75 Å². The summed E-state index contributed by atoms with van der Waals surface area (Å²) in [5, 5.41) is 0. The third kappa shape index (κ3) is 2.69. The fourth-order valence-corrected chi connectivity index (χ4v) is 3.09. The molecule has 1 saturated heterocycles. The topological polar surface area (TPSA) is 42.4 Å². The molecule has 0 spiro atoms. The van der Waals surface area contributed by atoms with Crippen molar-refractivity contribution < 1.29 is 9.53 Å². The number of pyridine rings is 1. The Balaban J connectivity index is 1.98. The largest absolute Gasteiger partial charge is 0.496 e. The Labute approximate surface area is 130 Å². The van der Waals surface area contributed by atoms with Gasteiger partial charge in [-0.3, -0.25) is 9.78 Å². The maximum absolute atomic E-state index is 11.8. The number of benzene rings is 1. The summed E-state index contributed by atoms with van der Waals surface area (Å²) in [5.41, 5.74) is 2.81. The maximum atomic E-state index is 11.8. The van der Waals surface area contributed by atoms with E-state index in [0.29, 0.717) is 0 Å². The quantitative estimate of drug-likeness (QED) is 0.871. The molecule has 0 aliphatic carbocycles. The van der Waals surface area contributed by atoms with E-state index in [2.05, 4.69) is 0 Å². The molecule has 0 N–H and O–H groups in total. The number of ether oxygens (including phenoxy) is 1. The van der Waals surface area contributed by atoms with Crippen LogP contribution in [0.1, 0.15) is 31.5 Å². The fraction of sp³-hybridized carbons (Fsp3) is 0.333. The number of methoxy groups -OCH3 is 1. The molecule has 1 aromatic heterocycles. The van der Waals surface area contributed by atoms with Crippen molar-refractivity contribution in [2.75, 3.05) is 13.7 Å². The van der Waals surface area contributed by atoms with Gasteiger partial charge in [0.15, 0.2) is 0 Å². The highest BCUT2D eigenvalue weighted by molar-refractivity contribution is 5.74. The zero-order valence-corrected chi connectivity index (χ0v) is 13.0. The molecule has 1 aliphatic heterocycles. The summed E-state index contributed by atoms with van der Waals surface area (Å²) in [6.45, 7) is 2.45. The molecule has 4 heteroatoms. The van der Waals surface area contributed by atoms with Gasteiger partial charge in [-0.25, -0.2) is 0 Å². The number of likely N-dealkylation sites (tertiary alicyclic amines) is 1. The first kappa shape index (κ1) is 14.6. The van der Waals surface area contributed by atoms with E-state index in [1.54, 1.807) is 14.0 Å². The molecule has 1 amide bonds. The molecule has 3 rings (SSSR count). The Morgan fingerprint density at radius 2 is 2.05 bits per heavy atom. The summed E-state index contributed by atoms with van der Waals surface area (Å²) in [7, 11) is 1.66. The highest BCUT2D eigenvalue weighted by Crippen LogP contribution is 2.33. The molecule has 2 heterocycles. The molecule has 0 unspecified atom stereocenters. The lowest BCUT2D eigenvalue weighted by Crippen LogP contribution is -2.28. The number of nitrogens with zero attached hydrogens (tertiary/aromatic N) is 2. The van der Waals surface area contributed by atoms with E-state index in [0.717, 1.165) is 42.1 Å². The molecule has 1 fully saturated rings. The molecule has 0 radical (unpaired) electrons. The monoisotopic (exact) mass is 296 g/mol. The molecule has 1 atom stereocenters. The number of hydrogen-bond acceptors (Lipinski definition) is 3. The van der Waals surface area contributed by atoms with Crippen molar-refractivity contribution in [3.05, 3.63) is 48.2 Å². The lowest BCUT2D eigenvalue weighted by molar-refractivity contribution is -0.129. The van der Waals surface area contributed by atoms with Gasteiger partial charge in [-0.2, -0.15) is 0 Å². The molecule has 1 aromatic carbocycles. The van der Waals surface area contributed by atoms with Crippen LogP contribution < -0.4 is 4.74 Å². The molecule has 114 valence electrons. The Bertz CT molecular complexity index is 684. The summed E-state index contributed by atoms with van der Waals surface area (Å²) < 4.78 is 5.42. The SMILES string of the molecule is COc1ccccc1-c1cccc([C@@H]2CCCN2C(C)=O)n1. The van der Waals surface area contributed by atoms with E-state index in [1.165, 1.54) is 0 Å². The van der Waals surface area contributed by atoms with E-state index in [9.17, 15) is 4.79 Å². The van der Waals surface area contributed by atoms with Crippen molar-refractivity contribution in [3.63, 3.8) is 0 Å². The van der Waals surface area contributed by atoms with Crippen molar-refractivity contribution in [1.29, 1.82) is 0 Å². The normalized spacial score (nSPS) is 17.5. The van der Waals surface area contributed by atoms with E-state index in [1.807, 2.05) is 47.4 Å². The van der Waals surface area contributed by atoms with E-state index < -0.39 is 0 Å². The van der Waals surface area contributed by atoms with Crippen LogP contribution in [0.15, 0.2) is 42.5 Å². The Morgan fingerprint density at radius 1 is 1.23 bits per heavy atom. The molecule has 4 nitrogen and oxygen atoms in total. The molecule has 1 aliphatic rings. The molecule has 0 saturated carbocycles. The molecule has 22 heavy (non-hydrogen) atoms. The molecule has 0 bridgehead atoms. The van der Waals surface area contributed by atoms with Crippen LogP contribution in [0, 0.1) is 0 Å². The summed E-state index contributed by atoms with van der Waals surface area (Å²) in [6.07, 6.45) is 2.01. The highest BCUT2D eigenvalue weighted by atomic mass is 16.5. The number of carbonyl (C=O) groups excluding carboxylic acids is 1. The first-order chi connectivity index (χ1) is 10.7. The minimum Gasteiger partial charge on any atom is -0.496 e. The summed E-state index contributed by atoms with van der Waals surface area (Å²) >= 11 is 0. The van der Waals surface area contributed by atoms with Crippen LogP contribution >= 0.6 is 0 Å². The fourth-order valence-electron chi connectivity index (χ4n) is 3.09. The molecule has 2 aromatic rings. The van der Waals surface area contributed by atoms with Crippen LogP contribution in [0.5, 0.6) is 5.75 Å². The third-order valence-corrected chi connectivity index (χ3v) is 4.15. The number of aromatic nitrogens is 1. The van der Waals surface area contributed by atoms with E-state index in [-0.39, 0.29) is 11.9 Å². The number of carbonyl (C=O) groups is 1. The zero-order chi connectivity index (χ0) is 15.5. The number of para-hydroxylation sites is 1. The maximum Gasteiger partial charge on any atom is 0.220 e. The van der Waals surface area contributed by atoms with Crippen LogP contribution in [0.3, 0.4) is 0 Å². The minimum atomic E-state index is 0.0900. The summed E-state index contributed by atoms with van der Waals surface area (Å²) in [5.74, 6) is 0.925. The minimum absolute atomic E-state index is 0.0900.